The maximum absolute atomic E-state index is 11.5. The third-order valence-electron chi connectivity index (χ3n) is 4.43. The lowest BCUT2D eigenvalue weighted by Crippen LogP contribution is -2.34. The number of rotatable bonds is 4. The predicted octanol–water partition coefficient (Wildman–Crippen LogP) is 2.40. The van der Waals surface area contributed by atoms with E-state index < -0.39 is 0 Å². The predicted molar refractivity (Wildman–Crippen MR) is 84.7 cm³/mol. The van der Waals surface area contributed by atoms with Crippen molar-refractivity contribution in [2.45, 2.75) is 32.2 Å². The maximum Gasteiger partial charge on any atom is 0.161 e. The van der Waals surface area contributed by atoms with E-state index in [4.69, 9.17) is 0 Å². The molecule has 1 aliphatic heterocycles. The Morgan fingerprint density at radius 2 is 2.32 bits per heavy atom. The maximum atomic E-state index is 11.5. The molecule has 3 rings (SSSR count). The van der Waals surface area contributed by atoms with Crippen molar-refractivity contribution in [1.29, 1.82) is 0 Å². The van der Waals surface area contributed by atoms with Gasteiger partial charge in [0, 0.05) is 55.4 Å². The number of nitrogens with zero attached hydrogens (tertiary/aromatic N) is 4. The largest absolute Gasteiger partial charge is 0.353 e. The Morgan fingerprint density at radius 1 is 1.45 bits per heavy atom. The summed E-state index contributed by atoms with van der Waals surface area (Å²) in [7, 11) is 2.01. The monoisotopic (exact) mass is 298 g/mol. The van der Waals surface area contributed by atoms with E-state index in [-0.39, 0.29) is 5.78 Å². The quantitative estimate of drug-likeness (QED) is 0.813. The van der Waals surface area contributed by atoms with Crippen LogP contribution in [0.15, 0.2) is 30.9 Å². The molecule has 22 heavy (non-hydrogen) atoms. The Labute approximate surface area is 131 Å². The molecule has 0 bridgehead atoms. The number of Topliss-reactive ketones (excluding diaryl/α,β-unsaturated/α-hetero) is 1. The molecule has 0 aliphatic carbocycles. The minimum Gasteiger partial charge on any atom is -0.353 e. The molecule has 1 atom stereocenters. The molecule has 0 radical (unpaired) electrons. The zero-order valence-corrected chi connectivity index (χ0v) is 13.2. The summed E-state index contributed by atoms with van der Waals surface area (Å²) in [6, 6.07) is 4.03. The minimum absolute atomic E-state index is 0.124. The molecular weight excluding hydrogens is 276 g/mol. The summed E-state index contributed by atoms with van der Waals surface area (Å²) in [6.07, 6.45) is 7.73. The Kier molecular flexibility index (Phi) is 4.34. The van der Waals surface area contributed by atoms with E-state index in [1.807, 2.05) is 31.6 Å². The molecule has 116 valence electrons. The fraction of sp³-hybridized carbons (Fsp3) is 0.471. The number of hydrogen-bond donors (Lipinski definition) is 0. The molecule has 0 aromatic carbocycles. The van der Waals surface area contributed by atoms with Gasteiger partial charge in [-0.05, 0) is 38.4 Å². The van der Waals surface area contributed by atoms with Gasteiger partial charge in [0.2, 0.25) is 0 Å². The fourth-order valence-corrected chi connectivity index (χ4v) is 3.17. The van der Waals surface area contributed by atoms with Crippen LogP contribution in [0.2, 0.25) is 0 Å². The van der Waals surface area contributed by atoms with Crippen LogP contribution < -0.4 is 0 Å². The van der Waals surface area contributed by atoms with Crippen LogP contribution in [0.3, 0.4) is 0 Å². The lowest BCUT2D eigenvalue weighted by atomic mass is 9.94. The van der Waals surface area contributed by atoms with Crippen LogP contribution in [0, 0.1) is 0 Å². The Bertz CT molecular complexity index is 650. The van der Waals surface area contributed by atoms with Crippen molar-refractivity contribution >= 4 is 5.78 Å². The molecule has 0 unspecified atom stereocenters. The number of carbonyl (C=O) groups is 1. The normalized spacial score (nSPS) is 19.3. The summed E-state index contributed by atoms with van der Waals surface area (Å²) >= 11 is 0. The van der Waals surface area contributed by atoms with Gasteiger partial charge in [0.15, 0.2) is 5.78 Å². The van der Waals surface area contributed by atoms with Crippen LogP contribution in [-0.2, 0) is 13.6 Å². The van der Waals surface area contributed by atoms with Crippen molar-refractivity contribution in [3.63, 3.8) is 0 Å². The van der Waals surface area contributed by atoms with Crippen molar-refractivity contribution in [2.75, 3.05) is 13.1 Å². The molecule has 2 aromatic rings. The van der Waals surface area contributed by atoms with Gasteiger partial charge in [0.05, 0.1) is 0 Å². The molecule has 0 spiro atoms. The standard InChI is InChI=1S/C17H22N4O/c1-13(22)15-8-16(20(2)9-15)11-21-7-3-4-14(10-21)17-5-6-18-12-19-17/h5-6,8-9,12,14H,3-4,7,10-11H2,1-2H3/t14-/m0/s1. The molecule has 5 heteroatoms. The first kappa shape index (κ1) is 14.9. The number of aromatic nitrogens is 3. The van der Waals surface area contributed by atoms with Gasteiger partial charge in [-0.25, -0.2) is 9.97 Å². The van der Waals surface area contributed by atoms with E-state index in [1.54, 1.807) is 13.3 Å². The van der Waals surface area contributed by atoms with Crippen LogP contribution in [0.25, 0.3) is 0 Å². The molecule has 0 saturated carbocycles. The minimum atomic E-state index is 0.124. The number of hydrogen-bond acceptors (Lipinski definition) is 4. The molecule has 1 saturated heterocycles. The summed E-state index contributed by atoms with van der Waals surface area (Å²) < 4.78 is 2.06. The van der Waals surface area contributed by atoms with E-state index >= 15 is 0 Å². The van der Waals surface area contributed by atoms with E-state index in [9.17, 15) is 4.79 Å². The molecule has 2 aromatic heterocycles. The number of aryl methyl sites for hydroxylation is 1. The average Bonchev–Trinajstić information content (AvgIpc) is 2.90. The van der Waals surface area contributed by atoms with E-state index in [1.165, 1.54) is 18.5 Å². The van der Waals surface area contributed by atoms with Crippen LogP contribution in [-0.4, -0.2) is 38.3 Å². The number of carbonyl (C=O) groups excluding carboxylic acids is 1. The molecule has 3 heterocycles. The Hall–Kier alpha value is -2.01. The number of piperidine rings is 1. The van der Waals surface area contributed by atoms with Gasteiger partial charge < -0.3 is 4.57 Å². The Balaban J connectivity index is 1.69. The van der Waals surface area contributed by atoms with Gasteiger partial charge in [-0.3, -0.25) is 9.69 Å². The molecule has 0 amide bonds. The van der Waals surface area contributed by atoms with Crippen LogP contribution in [0.1, 0.15) is 47.4 Å². The first-order valence-corrected chi connectivity index (χ1v) is 7.78. The topological polar surface area (TPSA) is 51.0 Å². The van der Waals surface area contributed by atoms with Crippen molar-refractivity contribution in [2.24, 2.45) is 7.05 Å². The SMILES string of the molecule is CC(=O)c1cc(CN2CCC[C@H](c3ccncn3)C2)n(C)c1. The zero-order chi connectivity index (χ0) is 15.5. The second-order valence-corrected chi connectivity index (χ2v) is 6.10. The van der Waals surface area contributed by atoms with Gasteiger partial charge in [0.1, 0.15) is 6.33 Å². The van der Waals surface area contributed by atoms with Gasteiger partial charge in [0.25, 0.3) is 0 Å². The van der Waals surface area contributed by atoms with Crippen LogP contribution >= 0.6 is 0 Å². The molecule has 1 aliphatic rings. The van der Waals surface area contributed by atoms with E-state index in [0.717, 1.165) is 30.9 Å². The number of likely N-dealkylation sites (tertiary alicyclic amines) is 1. The number of ketones is 1. The van der Waals surface area contributed by atoms with Gasteiger partial charge in [-0.2, -0.15) is 0 Å². The summed E-state index contributed by atoms with van der Waals surface area (Å²) in [5, 5.41) is 0. The van der Waals surface area contributed by atoms with Gasteiger partial charge in [-0.1, -0.05) is 0 Å². The van der Waals surface area contributed by atoms with E-state index in [0.29, 0.717) is 5.92 Å². The highest BCUT2D eigenvalue weighted by Gasteiger charge is 2.23. The second-order valence-electron chi connectivity index (χ2n) is 6.10. The summed E-state index contributed by atoms with van der Waals surface area (Å²) in [4.78, 5) is 22.4. The third kappa shape index (κ3) is 3.25. The van der Waals surface area contributed by atoms with Crippen LogP contribution in [0.5, 0.6) is 0 Å². The third-order valence-corrected chi connectivity index (χ3v) is 4.43. The van der Waals surface area contributed by atoms with Crippen molar-refractivity contribution < 1.29 is 4.79 Å². The fourth-order valence-electron chi connectivity index (χ4n) is 3.17. The van der Waals surface area contributed by atoms with Crippen molar-refractivity contribution in [1.82, 2.24) is 19.4 Å². The smallest absolute Gasteiger partial charge is 0.161 e. The van der Waals surface area contributed by atoms with Crippen molar-refractivity contribution in [3.8, 4) is 0 Å². The highest BCUT2D eigenvalue weighted by molar-refractivity contribution is 5.94. The molecule has 5 nitrogen and oxygen atoms in total. The van der Waals surface area contributed by atoms with Gasteiger partial charge in [-0.15, -0.1) is 0 Å². The highest BCUT2D eigenvalue weighted by atomic mass is 16.1. The molecule has 0 N–H and O–H groups in total. The summed E-state index contributed by atoms with van der Waals surface area (Å²) in [6.45, 7) is 4.61. The first-order valence-electron chi connectivity index (χ1n) is 7.78. The summed E-state index contributed by atoms with van der Waals surface area (Å²) in [5.41, 5.74) is 3.12. The molecular formula is C17H22N4O. The Morgan fingerprint density at radius 3 is 3.00 bits per heavy atom. The lowest BCUT2D eigenvalue weighted by molar-refractivity contribution is 0.101. The van der Waals surface area contributed by atoms with Crippen molar-refractivity contribution in [3.05, 3.63) is 47.8 Å². The van der Waals surface area contributed by atoms with Crippen LogP contribution in [0.4, 0.5) is 0 Å². The lowest BCUT2D eigenvalue weighted by Gasteiger charge is -2.32. The average molecular weight is 298 g/mol. The molecule has 1 fully saturated rings. The second kappa shape index (κ2) is 6.40. The van der Waals surface area contributed by atoms with Gasteiger partial charge >= 0.3 is 0 Å². The highest BCUT2D eigenvalue weighted by Crippen LogP contribution is 2.26. The first-order chi connectivity index (χ1) is 10.6. The van der Waals surface area contributed by atoms with E-state index in [2.05, 4.69) is 19.4 Å². The zero-order valence-electron chi connectivity index (χ0n) is 13.2. The summed E-state index contributed by atoms with van der Waals surface area (Å²) in [5.74, 6) is 0.601.